The molecule has 0 atom stereocenters. The van der Waals surface area contributed by atoms with E-state index in [0.717, 1.165) is 72.9 Å². The summed E-state index contributed by atoms with van der Waals surface area (Å²) in [6.45, 7) is 36.8. The molecule has 440 valence electrons. The molecule has 9 nitrogen and oxygen atoms in total. The molecule has 7 heterocycles. The minimum atomic E-state index is -4.23. The number of hydrogen-bond donors (Lipinski definition) is 0. The number of rotatable bonds is 8. The molecule has 0 bridgehead atoms. The van der Waals surface area contributed by atoms with Gasteiger partial charge in [0.1, 0.15) is 69.1 Å². The molecule has 0 aromatic carbocycles. The highest BCUT2D eigenvalue weighted by atomic mass is 19.4. The van der Waals surface area contributed by atoms with Gasteiger partial charge in [0.2, 0.25) is 0 Å². The van der Waals surface area contributed by atoms with E-state index in [0.29, 0.717) is 34.3 Å². The van der Waals surface area contributed by atoms with Gasteiger partial charge < -0.3 is 30.9 Å². The Hall–Kier alpha value is -5.81. The van der Waals surface area contributed by atoms with Crippen molar-refractivity contribution < 1.29 is 70.4 Å². The lowest BCUT2D eigenvalue weighted by Crippen LogP contribution is -2.33. The summed E-state index contributed by atoms with van der Waals surface area (Å²) in [5.74, 6) is 10.5. The van der Waals surface area contributed by atoms with E-state index in [9.17, 15) is 39.5 Å². The molecule has 0 unspecified atom stereocenters. The standard InChI is InChI=1S/2C10H13F3O.C10H16O.C9H12F3NO.C9H15NO.2C6H8O/c2*1-7-4-5-8(14-7)6-9(2,3)10(11,12)13;1-8-5-6-9(11-8)7-10(2,3)4;1-6-13-5-7(14-6)4-8(2,3)9(10,11)12;1-7-10-6-8(11-7)5-9(2,3)4;2*1-5-3-4-6(2)7-5/h2*4-5H,6H2,1-3H3;5-6H,7H2,1-4H3;5H,4H2,1-3H3;6H,5H2,1-4H3;2*3-4H,1-2H3. The van der Waals surface area contributed by atoms with Gasteiger partial charge in [0.05, 0.1) is 28.6 Å². The summed E-state index contributed by atoms with van der Waals surface area (Å²) in [7, 11) is 0. The zero-order valence-corrected chi connectivity index (χ0v) is 49.6. The molecular formula is C60H85F9N2O7. The molecule has 0 spiro atoms. The molecule has 0 amide bonds. The Kier molecular flexibility index (Phi) is 26.0. The van der Waals surface area contributed by atoms with Crippen LogP contribution in [0.5, 0.6) is 0 Å². The van der Waals surface area contributed by atoms with Crippen LogP contribution in [0.15, 0.2) is 104 Å². The first kappa shape index (κ1) is 70.2. The van der Waals surface area contributed by atoms with Crippen molar-refractivity contribution in [2.24, 2.45) is 27.1 Å². The molecule has 7 aromatic heterocycles. The maximum atomic E-state index is 12.5. The third-order valence-corrected chi connectivity index (χ3v) is 11.0. The topological polar surface area (TPSA) is 118 Å². The first-order valence-electron chi connectivity index (χ1n) is 25.4. The molecule has 0 aliphatic heterocycles. The van der Waals surface area contributed by atoms with Crippen LogP contribution in [0.25, 0.3) is 0 Å². The highest BCUT2D eigenvalue weighted by Gasteiger charge is 2.49. The van der Waals surface area contributed by atoms with Crippen molar-refractivity contribution in [1.29, 1.82) is 0 Å². The van der Waals surface area contributed by atoms with E-state index in [1.54, 1.807) is 51.2 Å². The average Bonchev–Trinajstić information content (AvgIpc) is 4.14. The Morgan fingerprint density at radius 1 is 0.282 bits per heavy atom. The SMILES string of the molecule is Cc1ccc(C)o1.Cc1ccc(C)o1.Cc1ccc(CC(C)(C)C(F)(F)F)o1.Cc1ccc(CC(C)(C)C(F)(F)F)o1.Cc1ccc(CC(C)(C)C)o1.Cc1ncc(CC(C)(C)C(F)(F)F)o1.Cc1ncc(CC(C)(C)C)o1. The number of hydrogen-bond acceptors (Lipinski definition) is 9. The third kappa shape index (κ3) is 28.2. The number of furan rings is 5. The summed E-state index contributed by atoms with van der Waals surface area (Å²) in [6, 6.07) is 18.4. The van der Waals surface area contributed by atoms with Gasteiger partial charge in [-0.3, -0.25) is 0 Å². The quantitative estimate of drug-likeness (QED) is 0.137. The van der Waals surface area contributed by atoms with E-state index in [4.69, 9.17) is 30.9 Å². The monoisotopic (exact) mass is 1120 g/mol. The Balaban J connectivity index is 0.000000461. The van der Waals surface area contributed by atoms with Gasteiger partial charge in [-0.2, -0.15) is 39.5 Å². The number of nitrogens with zero attached hydrogens (tertiary/aromatic N) is 2. The molecule has 7 aromatic rings. The minimum absolute atomic E-state index is 0.121. The molecule has 0 fully saturated rings. The fourth-order valence-electron chi connectivity index (χ4n) is 6.48. The summed E-state index contributed by atoms with van der Waals surface area (Å²) in [5.41, 5.74) is -4.65. The van der Waals surface area contributed by atoms with E-state index in [1.165, 1.54) is 33.9 Å². The predicted molar refractivity (Wildman–Crippen MR) is 286 cm³/mol. The summed E-state index contributed by atoms with van der Waals surface area (Å²) in [6.07, 6.45) is -7.95. The molecule has 0 saturated carbocycles. The second-order valence-electron chi connectivity index (χ2n) is 23.7. The highest BCUT2D eigenvalue weighted by molar-refractivity contribution is 5.10. The van der Waals surface area contributed by atoms with Crippen molar-refractivity contribution in [3.05, 3.63) is 154 Å². The largest absolute Gasteiger partial charge is 0.467 e. The summed E-state index contributed by atoms with van der Waals surface area (Å²) >= 11 is 0. The van der Waals surface area contributed by atoms with Crippen LogP contribution in [0.4, 0.5) is 39.5 Å². The van der Waals surface area contributed by atoms with Crippen molar-refractivity contribution in [3.63, 3.8) is 0 Å². The Labute approximate surface area is 456 Å². The van der Waals surface area contributed by atoms with Crippen LogP contribution < -0.4 is 0 Å². The second-order valence-corrected chi connectivity index (χ2v) is 23.7. The zero-order valence-electron chi connectivity index (χ0n) is 49.6. The van der Waals surface area contributed by atoms with Crippen LogP contribution in [0.2, 0.25) is 0 Å². The summed E-state index contributed by atoms with van der Waals surface area (Å²) < 4.78 is 149. The Bertz CT molecular complexity index is 2470. The fraction of sp³-hybridized carbons (Fsp3) is 0.567. The average molecular weight is 1120 g/mol. The van der Waals surface area contributed by atoms with Crippen LogP contribution >= 0.6 is 0 Å². The molecule has 0 aliphatic rings. The van der Waals surface area contributed by atoms with Crippen LogP contribution in [0.1, 0.15) is 164 Å². The molecule has 0 N–H and O–H groups in total. The van der Waals surface area contributed by atoms with Gasteiger partial charge in [-0.1, -0.05) is 83.1 Å². The lowest BCUT2D eigenvalue weighted by molar-refractivity contribution is -0.212. The van der Waals surface area contributed by atoms with E-state index in [-0.39, 0.29) is 30.4 Å². The number of alkyl halides is 9. The fourth-order valence-corrected chi connectivity index (χ4v) is 6.48. The van der Waals surface area contributed by atoms with Crippen molar-refractivity contribution in [1.82, 2.24) is 9.97 Å². The molecular weight excluding hydrogens is 1030 g/mol. The minimum Gasteiger partial charge on any atom is -0.467 e. The molecule has 0 radical (unpaired) electrons. The van der Waals surface area contributed by atoms with E-state index >= 15 is 0 Å². The summed E-state index contributed by atoms with van der Waals surface area (Å²) in [5, 5.41) is 0. The Morgan fingerprint density at radius 3 is 0.667 bits per heavy atom. The third-order valence-electron chi connectivity index (χ3n) is 11.0. The van der Waals surface area contributed by atoms with Crippen LogP contribution in [0.3, 0.4) is 0 Å². The van der Waals surface area contributed by atoms with Gasteiger partial charge >= 0.3 is 18.5 Å². The van der Waals surface area contributed by atoms with Gasteiger partial charge in [0.25, 0.3) is 0 Å². The maximum Gasteiger partial charge on any atom is 0.394 e. The molecule has 0 saturated heterocycles. The van der Waals surface area contributed by atoms with Crippen molar-refractivity contribution >= 4 is 0 Å². The predicted octanol–water partition coefficient (Wildman–Crippen LogP) is 20.1. The van der Waals surface area contributed by atoms with E-state index < -0.39 is 34.8 Å². The van der Waals surface area contributed by atoms with Gasteiger partial charge in [-0.15, -0.1) is 0 Å². The van der Waals surface area contributed by atoms with Crippen LogP contribution in [-0.4, -0.2) is 28.5 Å². The summed E-state index contributed by atoms with van der Waals surface area (Å²) in [4.78, 5) is 7.78. The second kappa shape index (κ2) is 28.9. The maximum absolute atomic E-state index is 12.5. The van der Waals surface area contributed by atoms with Crippen LogP contribution in [0, 0.1) is 89.4 Å². The number of aryl methyl sites for hydroxylation is 9. The number of halogens is 9. The molecule has 78 heavy (non-hydrogen) atoms. The van der Waals surface area contributed by atoms with Crippen molar-refractivity contribution in [2.45, 2.75) is 196 Å². The van der Waals surface area contributed by atoms with Gasteiger partial charge in [0, 0.05) is 46.0 Å². The number of oxazole rings is 2. The van der Waals surface area contributed by atoms with Crippen molar-refractivity contribution in [3.8, 4) is 0 Å². The van der Waals surface area contributed by atoms with Gasteiger partial charge in [-0.05, 0) is 120 Å². The first-order valence-corrected chi connectivity index (χ1v) is 25.4. The molecule has 18 heteroatoms. The lowest BCUT2D eigenvalue weighted by Gasteiger charge is -2.26. The molecule has 0 aliphatic carbocycles. The van der Waals surface area contributed by atoms with Crippen molar-refractivity contribution in [2.75, 3.05) is 0 Å². The van der Waals surface area contributed by atoms with E-state index in [2.05, 4.69) is 57.6 Å². The smallest absolute Gasteiger partial charge is 0.394 e. The highest BCUT2D eigenvalue weighted by Crippen LogP contribution is 2.42. The van der Waals surface area contributed by atoms with Gasteiger partial charge in [0.15, 0.2) is 11.8 Å². The number of aromatic nitrogens is 2. The van der Waals surface area contributed by atoms with Crippen LogP contribution in [-0.2, 0) is 32.1 Å². The normalized spacial score (nSPS) is 12.2. The van der Waals surface area contributed by atoms with Gasteiger partial charge in [-0.25, -0.2) is 9.97 Å². The first-order chi connectivity index (χ1) is 35.2. The van der Waals surface area contributed by atoms with E-state index in [1.807, 2.05) is 71.9 Å². The lowest BCUT2D eigenvalue weighted by atomic mass is 9.87. The Morgan fingerprint density at radius 2 is 0.487 bits per heavy atom. The molecule has 7 rings (SSSR count). The zero-order chi connectivity index (χ0) is 60.5.